The molecule has 5 heterocycles. The number of aromatic amines is 1. The van der Waals surface area contributed by atoms with Crippen molar-refractivity contribution in [2.75, 3.05) is 56.8 Å². The Balaban J connectivity index is 0.000000661. The fourth-order valence-corrected chi connectivity index (χ4v) is 8.36. The summed E-state index contributed by atoms with van der Waals surface area (Å²) >= 11 is 5.41. The van der Waals surface area contributed by atoms with Crippen LogP contribution in [0, 0.1) is 30.3 Å². The number of nitrogen functional groups attached to an aromatic ring is 3. The van der Waals surface area contributed by atoms with Gasteiger partial charge in [-0.1, -0.05) is 94.5 Å². The van der Waals surface area contributed by atoms with Crippen molar-refractivity contribution < 1.29 is 86.2 Å². The minimum Gasteiger partial charge on any atom is -0.489 e. The van der Waals surface area contributed by atoms with Crippen molar-refractivity contribution in [3.63, 3.8) is 0 Å². The number of rotatable bonds is 26. The molecule has 572 valence electrons. The lowest BCUT2D eigenvalue weighted by molar-refractivity contribution is -0.384. The number of nitrogens with zero attached hydrogens (tertiary/aromatic N) is 8. The first-order valence-electron chi connectivity index (χ1n) is 31.5. The maximum atomic E-state index is 11.9. The highest BCUT2D eigenvalue weighted by Gasteiger charge is 2.34. The number of hydrogen-bond acceptors (Lipinski definition) is 29. The zero-order valence-corrected chi connectivity index (χ0v) is 58.0. The molecule has 9 rings (SSSR count). The van der Waals surface area contributed by atoms with E-state index in [1.807, 2.05) is 97.1 Å². The summed E-state index contributed by atoms with van der Waals surface area (Å²) in [6.07, 6.45) is 0.623. The third-order valence-corrected chi connectivity index (χ3v) is 13.1. The van der Waals surface area contributed by atoms with Crippen LogP contribution in [0.5, 0.6) is 11.5 Å². The molecule has 0 bridgehead atoms. The highest BCUT2D eigenvalue weighted by molar-refractivity contribution is 6.29. The van der Waals surface area contributed by atoms with E-state index in [-0.39, 0.29) is 114 Å². The van der Waals surface area contributed by atoms with E-state index >= 15 is 0 Å². The molecular weight excluding hydrogens is 1420 g/mol. The Morgan fingerprint density at radius 2 is 0.860 bits per heavy atom. The van der Waals surface area contributed by atoms with Gasteiger partial charge in [0.1, 0.15) is 48.4 Å². The number of halogens is 1. The number of fused-ring (bicyclic) bond motifs is 1. The summed E-state index contributed by atoms with van der Waals surface area (Å²) in [5.74, 6) is -3.40. The Kier molecular flexibility index (Phi) is 42.6. The summed E-state index contributed by atoms with van der Waals surface area (Å²) in [5.41, 5.74) is 21.3. The van der Waals surface area contributed by atoms with Gasteiger partial charge in [-0.15, -0.1) is 0 Å². The van der Waals surface area contributed by atoms with Crippen LogP contribution in [0.2, 0.25) is 5.15 Å². The summed E-state index contributed by atoms with van der Waals surface area (Å²) in [4.78, 5) is 131. The first-order valence-corrected chi connectivity index (χ1v) is 31.9. The predicted molar refractivity (Wildman–Crippen MR) is 398 cm³/mol. The van der Waals surface area contributed by atoms with Crippen LogP contribution in [-0.4, -0.2) is 126 Å². The van der Waals surface area contributed by atoms with E-state index in [1.54, 1.807) is 65.8 Å². The molecule has 107 heavy (non-hydrogen) atoms. The molecule has 0 aliphatic carbocycles. The molecular formula is C73H87ClN12O21. The Morgan fingerprint density at radius 3 is 1.27 bits per heavy atom. The largest absolute Gasteiger partial charge is 0.489 e. The van der Waals surface area contributed by atoms with Gasteiger partial charge in [0.25, 0.3) is 0 Å². The van der Waals surface area contributed by atoms with Crippen LogP contribution in [-0.2, 0) is 83.2 Å². The molecule has 0 unspecified atom stereocenters. The van der Waals surface area contributed by atoms with E-state index in [2.05, 4.69) is 39.4 Å². The molecule has 9 aromatic rings. The number of hydrogen-bond donors (Lipinski definition) is 4. The number of aromatic nitrogens is 6. The maximum absolute atomic E-state index is 11.9. The molecule has 33 nitrogen and oxygen atoms in total. The lowest BCUT2D eigenvalue weighted by Crippen LogP contribution is -2.27. The van der Waals surface area contributed by atoms with Crippen molar-refractivity contribution in [3.05, 3.63) is 227 Å². The summed E-state index contributed by atoms with van der Waals surface area (Å²) < 4.78 is 39.7. The van der Waals surface area contributed by atoms with Gasteiger partial charge >= 0.3 is 52.9 Å². The maximum Gasteiger partial charge on any atom is 0.326 e. The number of nitrogens with two attached hydrogens (primary N) is 3. The SMILES string of the molecule is C.C.C.CCOC(=O)C(C(=O)OCC)c1ccc([N+](=O)[O-])c(N)n1.CCOC(=O)CC(=O)OCC.CCOC(=O)Cc1ccc([N+](=O)[O-])c(N)n1.CCOC(=O)Cc1ccc2[nH]c(-c3ccc(OCc4ccccc4)cc3)nc2n1.Nc1nc(Cl)ccc1[N+](=O)[O-].O=Cc1ccc(OCc2ccccc2)cc1. The predicted octanol–water partition coefficient (Wildman–Crippen LogP) is 12.5. The smallest absolute Gasteiger partial charge is 0.326 e. The monoisotopic (exact) mass is 1500 g/mol. The van der Waals surface area contributed by atoms with Gasteiger partial charge in [0, 0.05) is 29.3 Å². The quantitative estimate of drug-likeness (QED) is 0.00744. The minimum atomic E-state index is -1.42. The first-order chi connectivity index (χ1) is 49.9. The average Bonchev–Trinajstić information content (AvgIpc) is 1.79. The molecule has 0 aliphatic heterocycles. The standard InChI is InChI=1S/C23H21N3O3.C14H12O2.C12H15N3O6.C9H11N3O4.C7H12O4.C5H4ClN3O2.3CH4/c1-2-28-21(27)14-18-10-13-20-23(24-18)26-22(25-20)17-8-11-19(12-9-17)29-15-16-6-4-3-5-7-16;15-10-12-6-8-14(9-7-12)16-11-13-4-2-1-3-5-13;1-3-20-11(16)9(12(17)21-4-2)7-5-6-8(15(18)19)10(13)14-7;1-2-16-8(13)5-6-3-4-7(12(14)15)9(10)11-6;1-3-10-6(8)5-7(9)11-4-2;6-4-2-1-3(9(10)11)5(7)8-4;;;/h3-13H,2,14-15H2,1H3,(H,24,25,26);1-10H,11H2;5-6,9H,3-4H2,1-2H3,(H2,13,14);3-4H,2,5H2,1H3,(H2,10,11);3-5H2,1-2H3;1-2H,(H2,7,8);3*1H4. The number of benzene rings is 4. The van der Waals surface area contributed by atoms with Crippen LogP contribution < -0.4 is 26.7 Å². The second kappa shape index (κ2) is 49.5. The van der Waals surface area contributed by atoms with Gasteiger partial charge in [-0.3, -0.25) is 63.9 Å². The van der Waals surface area contributed by atoms with Crippen molar-refractivity contribution in [1.29, 1.82) is 0 Å². The molecule has 0 saturated carbocycles. The fourth-order valence-electron chi connectivity index (χ4n) is 8.21. The fraction of sp³-hybridized carbons (Fsp3) is 0.288. The summed E-state index contributed by atoms with van der Waals surface area (Å²) in [5, 5.41) is 31.5. The van der Waals surface area contributed by atoms with E-state index in [4.69, 9.17) is 57.2 Å². The molecule has 7 N–H and O–H groups in total. The molecule has 4 aromatic carbocycles. The van der Waals surface area contributed by atoms with Gasteiger partial charge in [0.2, 0.25) is 17.5 Å². The van der Waals surface area contributed by atoms with Gasteiger partial charge in [0.05, 0.1) is 89.9 Å². The number of esters is 6. The zero-order chi connectivity index (χ0) is 76.5. The van der Waals surface area contributed by atoms with Crippen molar-refractivity contribution in [1.82, 2.24) is 29.9 Å². The number of aldehydes is 1. The second-order valence-corrected chi connectivity index (χ2v) is 20.8. The van der Waals surface area contributed by atoms with E-state index in [0.29, 0.717) is 42.4 Å². The number of anilines is 3. The molecule has 0 amide bonds. The summed E-state index contributed by atoms with van der Waals surface area (Å²) in [6, 6.07) is 45.9. The number of carbonyl (C=O) groups is 7. The highest BCUT2D eigenvalue weighted by Crippen LogP contribution is 2.27. The average molecular weight is 1500 g/mol. The normalized spacial score (nSPS) is 9.76. The lowest BCUT2D eigenvalue weighted by Gasteiger charge is -2.14. The zero-order valence-electron chi connectivity index (χ0n) is 57.2. The van der Waals surface area contributed by atoms with Crippen LogP contribution in [0.15, 0.2) is 158 Å². The van der Waals surface area contributed by atoms with Crippen molar-refractivity contribution in [2.24, 2.45) is 0 Å². The van der Waals surface area contributed by atoms with Gasteiger partial charge in [-0.05, 0) is 132 Å². The van der Waals surface area contributed by atoms with Gasteiger partial charge in [-0.2, -0.15) is 0 Å². The van der Waals surface area contributed by atoms with E-state index in [9.17, 15) is 63.9 Å². The number of H-pyrrole nitrogens is 1. The summed E-state index contributed by atoms with van der Waals surface area (Å²) in [7, 11) is 0. The third-order valence-electron chi connectivity index (χ3n) is 12.9. The molecule has 0 aliphatic rings. The number of imidazole rings is 1. The highest BCUT2D eigenvalue weighted by atomic mass is 35.5. The van der Waals surface area contributed by atoms with Crippen molar-refractivity contribution in [2.45, 2.75) is 102 Å². The molecule has 0 atom stereocenters. The molecule has 0 saturated heterocycles. The van der Waals surface area contributed by atoms with Crippen LogP contribution in [0.3, 0.4) is 0 Å². The van der Waals surface area contributed by atoms with Crippen LogP contribution >= 0.6 is 11.6 Å². The van der Waals surface area contributed by atoms with Crippen LogP contribution in [0.4, 0.5) is 34.5 Å². The van der Waals surface area contributed by atoms with E-state index in [1.165, 1.54) is 30.3 Å². The summed E-state index contributed by atoms with van der Waals surface area (Å²) in [6.45, 7) is 12.4. The molecule has 34 heteroatoms. The minimum absolute atomic E-state index is 0. The number of ether oxygens (including phenoxy) is 8. The Labute approximate surface area is 621 Å². The molecule has 0 fully saturated rings. The number of nitrogens with one attached hydrogen (secondary N) is 1. The van der Waals surface area contributed by atoms with Crippen LogP contribution in [0.25, 0.3) is 22.6 Å². The van der Waals surface area contributed by atoms with Crippen molar-refractivity contribution in [3.8, 4) is 22.9 Å². The number of pyridine rings is 4. The molecule has 5 aromatic heterocycles. The number of nitro groups is 3. The molecule has 0 spiro atoms. The van der Waals surface area contributed by atoms with Crippen molar-refractivity contribution >= 4 is 99.4 Å². The van der Waals surface area contributed by atoms with Gasteiger partial charge < -0.3 is 60.1 Å². The van der Waals surface area contributed by atoms with Gasteiger partial charge in [-0.25, -0.2) is 24.9 Å². The van der Waals surface area contributed by atoms with Crippen LogP contribution in [0.1, 0.15) is 115 Å². The first kappa shape index (κ1) is 91.9. The van der Waals surface area contributed by atoms with E-state index in [0.717, 1.165) is 51.9 Å². The Hall–Kier alpha value is -13.1. The molecule has 0 radical (unpaired) electrons. The third kappa shape index (κ3) is 32.9. The van der Waals surface area contributed by atoms with Gasteiger partial charge in [0.15, 0.2) is 11.6 Å². The topological polar surface area (TPSA) is 481 Å². The Bertz CT molecular complexity index is 4280. The number of carbonyl (C=O) groups excluding carboxylic acids is 7. The second-order valence-electron chi connectivity index (χ2n) is 20.4. The Morgan fingerprint density at radius 1 is 0.467 bits per heavy atom. The lowest BCUT2D eigenvalue weighted by atomic mass is 10.0. The van der Waals surface area contributed by atoms with E-state index < -0.39 is 62.0 Å².